The molecular weight excluding hydrogens is 366 g/mol. The number of sulfonamides is 1. The average molecular weight is 383 g/mol. The number of hydrogen-bond acceptors (Lipinski definition) is 9. The van der Waals surface area contributed by atoms with Crippen LogP contribution < -0.4 is 14.8 Å². The Labute approximate surface area is 149 Å². The number of urea groups is 1. The first-order valence-corrected chi connectivity index (χ1v) is 8.75. The fraction of sp³-hybridized carbons (Fsp3) is 0.357. The van der Waals surface area contributed by atoms with E-state index in [9.17, 15) is 18.0 Å². The third kappa shape index (κ3) is 3.79. The van der Waals surface area contributed by atoms with E-state index in [0.717, 1.165) is 13.2 Å². The largest absolute Gasteiger partial charge is 0.468 e. The molecule has 1 atom stereocenters. The van der Waals surface area contributed by atoms with Gasteiger partial charge >= 0.3 is 18.0 Å². The van der Waals surface area contributed by atoms with Gasteiger partial charge < -0.3 is 9.47 Å². The molecule has 0 saturated carbocycles. The number of esters is 1. The number of ether oxygens (including phenoxy) is 2. The number of anilines is 1. The number of hydrogen-bond donors (Lipinski definition) is 2. The lowest BCUT2D eigenvalue weighted by molar-refractivity contribution is -0.142. The van der Waals surface area contributed by atoms with Crippen molar-refractivity contribution in [1.29, 1.82) is 0 Å². The lowest BCUT2D eigenvalue weighted by Gasteiger charge is -2.27. The molecule has 1 aromatic rings. The van der Waals surface area contributed by atoms with Gasteiger partial charge in [-0.25, -0.2) is 22.7 Å². The van der Waals surface area contributed by atoms with Crippen LogP contribution in [0.1, 0.15) is 12.2 Å². The van der Waals surface area contributed by atoms with E-state index >= 15 is 0 Å². The molecule has 0 saturated heterocycles. The van der Waals surface area contributed by atoms with Crippen LogP contribution >= 0.6 is 0 Å². The lowest BCUT2D eigenvalue weighted by atomic mass is 10.00. The molecule has 0 aliphatic heterocycles. The molecule has 1 unspecified atom stereocenters. The van der Waals surface area contributed by atoms with Crippen LogP contribution in [-0.4, -0.2) is 54.3 Å². The topological polar surface area (TPSA) is 149 Å². The summed E-state index contributed by atoms with van der Waals surface area (Å²) < 4.78 is 34.5. The van der Waals surface area contributed by atoms with Crippen LogP contribution in [0.4, 0.5) is 10.7 Å². The van der Waals surface area contributed by atoms with Crippen LogP contribution in [0.5, 0.6) is 6.01 Å². The van der Waals surface area contributed by atoms with Gasteiger partial charge in [0, 0.05) is 6.42 Å². The maximum atomic E-state index is 12.7. The Morgan fingerprint density at radius 3 is 2.50 bits per heavy atom. The highest BCUT2D eigenvalue weighted by molar-refractivity contribution is 7.92. The van der Waals surface area contributed by atoms with Crippen molar-refractivity contribution < 1.29 is 27.5 Å². The zero-order chi connectivity index (χ0) is 19.4. The number of nitrogens with zero attached hydrogens (tertiary/aromatic N) is 3. The number of aryl methyl sites for hydroxylation is 1. The molecule has 140 valence electrons. The van der Waals surface area contributed by atoms with Gasteiger partial charge in [-0.2, -0.15) is 15.0 Å². The maximum absolute atomic E-state index is 12.7. The number of allylic oxidation sites excluding steroid dienone is 3. The molecule has 1 aliphatic carbocycles. The normalized spacial score (nSPS) is 18.9. The molecule has 1 aliphatic rings. The number of aromatic nitrogens is 3. The molecule has 2 N–H and O–H groups in total. The monoisotopic (exact) mass is 383 g/mol. The van der Waals surface area contributed by atoms with Gasteiger partial charge in [0.05, 0.1) is 14.2 Å². The first-order valence-electron chi connectivity index (χ1n) is 7.27. The summed E-state index contributed by atoms with van der Waals surface area (Å²) >= 11 is 0. The molecule has 0 aromatic carbocycles. The fourth-order valence-corrected chi connectivity index (χ4v) is 3.53. The number of carbonyl (C=O) groups is 2. The maximum Gasteiger partial charge on any atom is 0.335 e. The Kier molecular flexibility index (Phi) is 5.55. The number of nitrogens with one attached hydrogen (secondary N) is 2. The Morgan fingerprint density at radius 2 is 1.92 bits per heavy atom. The molecule has 2 rings (SSSR count). The van der Waals surface area contributed by atoms with Crippen molar-refractivity contribution in [2.24, 2.45) is 0 Å². The first kappa shape index (κ1) is 19.3. The summed E-state index contributed by atoms with van der Waals surface area (Å²) in [5, 5.41) is 2.16. The van der Waals surface area contributed by atoms with E-state index in [1.54, 1.807) is 10.8 Å². The van der Waals surface area contributed by atoms with E-state index in [1.807, 2.05) is 0 Å². The molecule has 2 amide bonds. The second kappa shape index (κ2) is 7.47. The second-order valence-electron chi connectivity index (χ2n) is 5.13. The summed E-state index contributed by atoms with van der Waals surface area (Å²) in [5.74, 6) is -0.981. The van der Waals surface area contributed by atoms with Crippen LogP contribution in [-0.2, 0) is 19.6 Å². The van der Waals surface area contributed by atoms with Gasteiger partial charge in [-0.1, -0.05) is 24.3 Å². The molecule has 26 heavy (non-hydrogen) atoms. The van der Waals surface area contributed by atoms with Gasteiger partial charge in [-0.3, -0.25) is 5.32 Å². The Bertz CT molecular complexity index is 882. The van der Waals surface area contributed by atoms with Gasteiger partial charge in [0.1, 0.15) is 5.82 Å². The van der Waals surface area contributed by atoms with Crippen molar-refractivity contribution in [3.05, 3.63) is 30.1 Å². The fourth-order valence-electron chi connectivity index (χ4n) is 2.18. The van der Waals surface area contributed by atoms with Crippen molar-refractivity contribution in [3.8, 4) is 6.01 Å². The van der Waals surface area contributed by atoms with Crippen LogP contribution in [0, 0.1) is 6.92 Å². The highest BCUT2D eigenvalue weighted by Crippen LogP contribution is 2.28. The minimum atomic E-state index is -4.48. The molecule has 1 aromatic heterocycles. The summed E-state index contributed by atoms with van der Waals surface area (Å²) in [6, 6.07) is -1.20. The van der Waals surface area contributed by atoms with Crippen molar-refractivity contribution >= 4 is 28.0 Å². The zero-order valence-corrected chi connectivity index (χ0v) is 15.0. The molecule has 0 bridgehead atoms. The number of carbonyl (C=O) groups excluding carboxylic acids is 2. The lowest BCUT2D eigenvalue weighted by Crippen LogP contribution is -2.53. The van der Waals surface area contributed by atoms with E-state index in [1.165, 1.54) is 26.2 Å². The van der Waals surface area contributed by atoms with Gasteiger partial charge in [0.25, 0.3) is 10.0 Å². The predicted molar refractivity (Wildman–Crippen MR) is 89.8 cm³/mol. The van der Waals surface area contributed by atoms with Crippen LogP contribution in [0.2, 0.25) is 0 Å². The Morgan fingerprint density at radius 1 is 1.19 bits per heavy atom. The SMILES string of the molecule is COC(=O)C1(S(=O)(=O)NC(=O)Nc2nc(C)nc(OC)n2)C=CC=CC1. The highest BCUT2D eigenvalue weighted by atomic mass is 32.2. The highest BCUT2D eigenvalue weighted by Gasteiger charge is 2.50. The number of amides is 2. The average Bonchev–Trinajstić information content (AvgIpc) is 2.60. The number of rotatable bonds is 5. The molecule has 12 heteroatoms. The number of methoxy groups -OCH3 is 2. The molecule has 0 spiro atoms. The Hall–Kier alpha value is -3.02. The predicted octanol–water partition coefficient (Wildman–Crippen LogP) is 0.0678. The Balaban J connectivity index is 2.24. The van der Waals surface area contributed by atoms with Gasteiger partial charge in [0.2, 0.25) is 10.7 Å². The van der Waals surface area contributed by atoms with Crippen molar-refractivity contribution in [1.82, 2.24) is 19.7 Å². The molecule has 0 fully saturated rings. The first-order chi connectivity index (χ1) is 12.2. The van der Waals surface area contributed by atoms with Gasteiger partial charge in [-0.15, -0.1) is 0 Å². The minimum absolute atomic E-state index is 0.0537. The molecule has 0 radical (unpaired) electrons. The molecule has 1 heterocycles. The van der Waals surface area contributed by atoms with Crippen molar-refractivity contribution in [2.45, 2.75) is 18.1 Å². The summed E-state index contributed by atoms with van der Waals surface area (Å²) in [6.07, 6.45) is 5.42. The summed E-state index contributed by atoms with van der Waals surface area (Å²) in [4.78, 5) is 35.7. The van der Waals surface area contributed by atoms with Crippen molar-refractivity contribution in [3.63, 3.8) is 0 Å². The third-order valence-corrected chi connectivity index (χ3v) is 5.29. The standard InChI is InChI=1S/C14H17N5O6S/c1-9-15-11(18-13(16-9)25-3)17-12(21)19-26(22,23)14(10(20)24-2)7-5-4-6-8-14/h4-7H,8H2,1-3H3,(H2,15,16,17,18,19,21). The van der Waals surface area contributed by atoms with Gasteiger partial charge in [-0.05, 0) is 6.92 Å². The second-order valence-corrected chi connectivity index (χ2v) is 7.06. The third-order valence-electron chi connectivity index (χ3n) is 3.41. The summed E-state index contributed by atoms with van der Waals surface area (Å²) in [5.41, 5.74) is 0. The van der Waals surface area contributed by atoms with E-state index in [2.05, 4.69) is 25.0 Å². The van der Waals surface area contributed by atoms with E-state index in [-0.39, 0.29) is 24.2 Å². The van der Waals surface area contributed by atoms with E-state index in [0.29, 0.717) is 0 Å². The molecular formula is C14H17N5O6S. The van der Waals surface area contributed by atoms with E-state index < -0.39 is 26.8 Å². The van der Waals surface area contributed by atoms with Gasteiger partial charge in [0.15, 0.2) is 0 Å². The zero-order valence-electron chi connectivity index (χ0n) is 14.2. The smallest absolute Gasteiger partial charge is 0.335 e. The van der Waals surface area contributed by atoms with Crippen molar-refractivity contribution in [2.75, 3.05) is 19.5 Å². The van der Waals surface area contributed by atoms with Crippen LogP contribution in [0.25, 0.3) is 0 Å². The van der Waals surface area contributed by atoms with Crippen LogP contribution in [0.15, 0.2) is 24.3 Å². The summed E-state index contributed by atoms with van der Waals surface area (Å²) in [6.45, 7) is 1.54. The molecule has 11 nitrogen and oxygen atoms in total. The minimum Gasteiger partial charge on any atom is -0.468 e. The quantitative estimate of drug-likeness (QED) is 0.673. The van der Waals surface area contributed by atoms with Crippen LogP contribution in [0.3, 0.4) is 0 Å². The van der Waals surface area contributed by atoms with E-state index in [4.69, 9.17) is 4.74 Å². The summed E-state index contributed by atoms with van der Waals surface area (Å²) in [7, 11) is -2.09.